The molecule has 4 unspecified atom stereocenters. The lowest BCUT2D eigenvalue weighted by atomic mass is 9.98. The molecule has 4 fully saturated rings. The molecule has 4 aliphatic heterocycles. The Morgan fingerprint density at radius 2 is 0.767 bits per heavy atom. The second-order valence-electron chi connectivity index (χ2n) is 30.0. The predicted molar refractivity (Wildman–Crippen MR) is 431 cm³/mol. The molecule has 3 aromatic carbocycles. The fraction of sp³-hybridized carbons (Fsp3) is 0.446. The number of halogens is 13. The van der Waals surface area contributed by atoms with E-state index in [0.29, 0.717) is 52.1 Å². The van der Waals surface area contributed by atoms with E-state index >= 15 is 8.78 Å². The van der Waals surface area contributed by atoms with Crippen LogP contribution in [0.5, 0.6) is 34.9 Å². The van der Waals surface area contributed by atoms with Crippen molar-refractivity contribution in [3.05, 3.63) is 178 Å². The van der Waals surface area contributed by atoms with Crippen molar-refractivity contribution in [1.82, 2.24) is 59.9 Å². The molecule has 4 aliphatic rings. The number of carbonyl (C=O) groups is 7. The Morgan fingerprint density at radius 3 is 1.05 bits per heavy atom. The lowest BCUT2D eigenvalue weighted by molar-refractivity contribution is -0.146. The third-order valence-electron chi connectivity index (χ3n) is 19.3. The zero-order valence-electron chi connectivity index (χ0n) is 70.5. The quantitative estimate of drug-likeness (QED) is 0.0272. The minimum absolute atomic E-state index is 0.0413. The van der Waals surface area contributed by atoms with E-state index in [9.17, 15) is 82.6 Å². The van der Waals surface area contributed by atoms with Gasteiger partial charge in [-0.05, 0) is 139 Å². The summed E-state index contributed by atoms with van der Waals surface area (Å²) in [5.74, 6) is -14.3. The first-order valence-corrected chi connectivity index (χ1v) is 40.3. The van der Waals surface area contributed by atoms with Crippen LogP contribution in [0.25, 0.3) is 0 Å². The number of anilines is 3. The highest BCUT2D eigenvalue weighted by Crippen LogP contribution is 2.44. The summed E-state index contributed by atoms with van der Waals surface area (Å²) in [6.45, 7) is 13.7. The number of aromatic carboxylic acids is 1. The van der Waals surface area contributed by atoms with Crippen LogP contribution in [0.2, 0.25) is 0 Å². The molecule has 129 heavy (non-hydrogen) atoms. The molecule has 0 spiro atoms. The number of benzene rings is 3. The molecular formula is C83H90ClF12N15O18. The van der Waals surface area contributed by atoms with Gasteiger partial charge in [-0.3, -0.25) is 19.2 Å². The molecule has 46 heteroatoms. The number of pyridine rings is 3. The lowest BCUT2D eigenvalue weighted by Gasteiger charge is -2.33. The van der Waals surface area contributed by atoms with Crippen LogP contribution in [0.15, 0.2) is 110 Å². The molecule has 9 aromatic rings. The van der Waals surface area contributed by atoms with E-state index in [2.05, 4.69) is 55.6 Å². The van der Waals surface area contributed by atoms with Gasteiger partial charge in [-0.1, -0.05) is 0 Å². The fourth-order valence-corrected chi connectivity index (χ4v) is 13.4. The highest BCUT2D eigenvalue weighted by Gasteiger charge is 2.42. The summed E-state index contributed by atoms with van der Waals surface area (Å²) in [6.07, 6.45) is 2.81. The Labute approximate surface area is 733 Å². The minimum atomic E-state index is -4.93. The molecule has 10 heterocycles. The number of hydrogen-bond acceptors (Lipinski definition) is 26. The summed E-state index contributed by atoms with van der Waals surface area (Å²) >= 11 is 5.24. The van der Waals surface area contributed by atoms with Gasteiger partial charge in [0, 0.05) is 99.5 Å². The molecule has 3 N–H and O–H groups in total. The summed E-state index contributed by atoms with van der Waals surface area (Å²) in [4.78, 5) is 101. The highest BCUT2D eigenvalue weighted by atomic mass is 35.5. The van der Waals surface area contributed by atoms with E-state index in [-0.39, 0.29) is 107 Å². The average Bonchev–Trinajstić information content (AvgIpc) is 1.33. The Hall–Kier alpha value is -12.5. The van der Waals surface area contributed by atoms with E-state index in [0.717, 1.165) is 136 Å². The van der Waals surface area contributed by atoms with Crippen molar-refractivity contribution >= 4 is 69.6 Å². The average molecular weight is 1850 g/mol. The van der Waals surface area contributed by atoms with Crippen LogP contribution < -0.4 is 29.3 Å². The summed E-state index contributed by atoms with van der Waals surface area (Å²) in [7, 11) is 2.21. The van der Waals surface area contributed by atoms with E-state index in [1.54, 1.807) is 41.5 Å². The number of amides is 2. The van der Waals surface area contributed by atoms with Crippen LogP contribution in [-0.2, 0) is 85.8 Å². The zero-order chi connectivity index (χ0) is 94.2. The number of nitrogens with one attached hydrogen (secondary N) is 1. The number of ether oxygens (including phenoxy) is 9. The summed E-state index contributed by atoms with van der Waals surface area (Å²) in [5.41, 5.74) is -4.54. The second-order valence-corrected chi connectivity index (χ2v) is 30.4. The smallest absolute Gasteiger partial charge is 0.421 e. The number of aromatic nitrogens is 12. The predicted octanol–water partition coefficient (Wildman–Crippen LogP) is 15.1. The van der Waals surface area contributed by atoms with Gasteiger partial charge in [0.2, 0.25) is 34.7 Å². The van der Waals surface area contributed by atoms with Crippen molar-refractivity contribution in [1.29, 1.82) is 0 Å². The van der Waals surface area contributed by atoms with Gasteiger partial charge in [-0.15, -0.1) is 0 Å². The molecule has 2 amide bonds. The molecule has 13 rings (SSSR count). The van der Waals surface area contributed by atoms with Gasteiger partial charge in [-0.2, -0.15) is 84.5 Å². The topological polar surface area (TPSA) is 392 Å². The van der Waals surface area contributed by atoms with Crippen molar-refractivity contribution in [2.24, 2.45) is 23.7 Å². The molecule has 696 valence electrons. The maximum atomic E-state index is 15.4. The van der Waals surface area contributed by atoms with Crippen molar-refractivity contribution in [3.63, 3.8) is 0 Å². The summed E-state index contributed by atoms with van der Waals surface area (Å²) in [6, 6.07) is 6.38. The number of rotatable bonds is 25. The minimum Gasteiger partial charge on any atom is -0.481 e. The van der Waals surface area contributed by atoms with Crippen LogP contribution in [0, 0.1) is 41.1 Å². The third kappa shape index (κ3) is 28.3. The van der Waals surface area contributed by atoms with Gasteiger partial charge >= 0.3 is 42.4 Å². The Morgan fingerprint density at radius 1 is 0.457 bits per heavy atom. The molecule has 4 atom stereocenters. The Kier molecular flexibility index (Phi) is 35.7. The fourth-order valence-electron chi connectivity index (χ4n) is 13.2. The zero-order valence-corrected chi connectivity index (χ0v) is 71.2. The number of carboxylic acids is 2. The Balaban J connectivity index is 0.000000199. The van der Waals surface area contributed by atoms with Gasteiger partial charge in [-0.25, -0.2) is 42.5 Å². The van der Waals surface area contributed by atoms with Crippen LogP contribution in [0.4, 0.5) is 69.7 Å². The first-order chi connectivity index (χ1) is 61.1. The number of nitrogens with zero attached hydrogens (tertiary/aromatic N) is 14. The number of methoxy groups -OCH3 is 2. The molecule has 33 nitrogen and oxygen atoms in total. The van der Waals surface area contributed by atoms with Crippen molar-refractivity contribution < 1.29 is 139 Å². The Bertz CT molecular complexity index is 5260. The SMILES string of the molecule is CC(C)N(C(=O)C1CCCOC1)c1cc(F)c(Oc2ncc(Cn3nccn3)cc2C(F)(F)F)cc1C(=O)O.COC(=O)c1cc(Oc2ncc(Cn3nccn3)cc2C(F)(F)F)c(F)cc1N(C(=O)C1CCCOC1)C(C)C.COC(=O)c1cc(Oc2ncc(Cn3nccn3)cc2C(F)(F)F)c(F)cc1NC(C)C.O=C(Cl)C1CCCOC1.O=C(O)C1CCCOC1. The van der Waals surface area contributed by atoms with Crippen LogP contribution in [0.3, 0.4) is 0 Å². The van der Waals surface area contributed by atoms with Gasteiger partial charge < -0.3 is 68.0 Å². The van der Waals surface area contributed by atoms with E-state index < -0.39 is 147 Å². The molecule has 0 radical (unpaired) electrons. The first kappa shape index (κ1) is 100. The first-order valence-electron chi connectivity index (χ1n) is 39.9. The van der Waals surface area contributed by atoms with Crippen molar-refractivity contribution in [2.75, 3.05) is 82.2 Å². The van der Waals surface area contributed by atoms with Crippen LogP contribution in [0.1, 0.15) is 157 Å². The summed E-state index contributed by atoms with van der Waals surface area (Å²) < 4.78 is 215. The van der Waals surface area contributed by atoms with E-state index in [4.69, 9.17) is 54.6 Å². The van der Waals surface area contributed by atoms with Gasteiger partial charge in [0.15, 0.2) is 34.7 Å². The summed E-state index contributed by atoms with van der Waals surface area (Å²) in [5, 5.41) is 44.0. The maximum Gasteiger partial charge on any atom is 0.421 e. The van der Waals surface area contributed by atoms with E-state index in [1.165, 1.54) is 51.7 Å². The number of carboxylic acid groups (broad SMARTS) is 2. The van der Waals surface area contributed by atoms with Gasteiger partial charge in [0.1, 0.15) is 16.7 Å². The van der Waals surface area contributed by atoms with Crippen LogP contribution in [-0.4, -0.2) is 196 Å². The van der Waals surface area contributed by atoms with Gasteiger partial charge in [0.25, 0.3) is 0 Å². The largest absolute Gasteiger partial charge is 0.481 e. The number of carbonyl (C=O) groups excluding carboxylic acids is 5. The molecule has 0 bridgehead atoms. The van der Waals surface area contributed by atoms with Crippen LogP contribution >= 0.6 is 11.6 Å². The molecule has 0 saturated carbocycles. The molecule has 4 saturated heterocycles. The monoisotopic (exact) mass is 1850 g/mol. The van der Waals surface area contributed by atoms with Crippen molar-refractivity contribution in [2.45, 2.75) is 149 Å². The maximum absolute atomic E-state index is 15.4. The number of aliphatic carboxylic acids is 1. The van der Waals surface area contributed by atoms with Gasteiger partial charge in [0.05, 0.1) is 155 Å². The highest BCUT2D eigenvalue weighted by molar-refractivity contribution is 6.64. The number of esters is 2. The second kappa shape index (κ2) is 46.0. The molecular weight excluding hydrogens is 1760 g/mol. The lowest BCUT2D eigenvalue weighted by Crippen LogP contribution is -2.44. The van der Waals surface area contributed by atoms with E-state index in [1.807, 2.05) is 0 Å². The normalized spacial score (nSPS) is 16.4. The van der Waals surface area contributed by atoms with Crippen molar-refractivity contribution in [3.8, 4) is 34.9 Å². The standard InChI is InChI=1S/C26H27F4N5O5.C25H25F4N5O5.C20H19F4N5O3.C6H9ClO2.C6H10O3/c1-15(2)35(24(36)17-5-4-8-39-14-17)21-11-20(27)22(10-18(21)25(37)38-3)40-23-19(26(28,29)30)9-16(12-31-23)13-34-32-6-7-33-34;1-14(2)34(23(35)16-4-3-7-38-13-16)20-10-19(26)21(9-17(20)24(36)37)39-22-18(25(27,28)29)8-15(11-30-22)12-33-31-5-6-32-33;1-11(2)28-16-8-15(21)17(7-13(16)19(30)31-3)32-18-14(20(22,23)24)6-12(9-25-18)10-29-26-4-5-27-29;2*7-6(8)5-2-1-3-9-4-5/h6-7,9-12,15,17H,4-5,8,13-14H2,1-3H3;5-6,8-11,14,16H,3-4,7,12-13H2,1-2H3,(H,36,37);4-9,11,28H,10H2,1-3H3;5H,1-4H2;5H,1-4H2,(H,7,8). The number of hydrogen-bond donors (Lipinski definition) is 3. The third-order valence-corrected chi connectivity index (χ3v) is 19.6. The number of alkyl halides is 9. The molecule has 6 aromatic heterocycles. The molecule has 0 aliphatic carbocycles.